The molecular formula is C19H27N3O5S. The number of carbonyl (C=O) groups is 2. The van der Waals surface area contributed by atoms with Crippen LogP contribution in [0.5, 0.6) is 0 Å². The number of amides is 2. The van der Waals surface area contributed by atoms with Crippen LogP contribution in [0.25, 0.3) is 0 Å². The molecule has 9 heteroatoms. The predicted octanol–water partition coefficient (Wildman–Crippen LogP) is 0.901. The summed E-state index contributed by atoms with van der Waals surface area (Å²) >= 11 is 0. The summed E-state index contributed by atoms with van der Waals surface area (Å²) in [4.78, 5) is 26.4. The molecule has 0 saturated carbocycles. The third-order valence-corrected chi connectivity index (χ3v) is 7.01. The summed E-state index contributed by atoms with van der Waals surface area (Å²) in [6, 6.07) is 4.08. The molecule has 154 valence electrons. The molecule has 1 atom stereocenters. The highest BCUT2D eigenvalue weighted by molar-refractivity contribution is 7.89. The monoisotopic (exact) mass is 409 g/mol. The van der Waals surface area contributed by atoms with E-state index in [0.29, 0.717) is 50.5 Å². The molecule has 0 aliphatic carbocycles. The van der Waals surface area contributed by atoms with E-state index in [0.717, 1.165) is 12.8 Å². The lowest BCUT2D eigenvalue weighted by Crippen LogP contribution is -2.47. The zero-order valence-corrected chi connectivity index (χ0v) is 17.1. The normalized spacial score (nSPS) is 20.1. The lowest BCUT2D eigenvalue weighted by atomic mass is 10.1. The number of unbranched alkanes of at least 4 members (excludes halogenated alkanes) is 1. The number of carbonyl (C=O) groups excluding carboxylic acids is 2. The van der Waals surface area contributed by atoms with Crippen LogP contribution in [0.2, 0.25) is 0 Å². The summed E-state index contributed by atoms with van der Waals surface area (Å²) in [6.45, 7) is 5.41. The van der Waals surface area contributed by atoms with Gasteiger partial charge in [0.1, 0.15) is 6.04 Å². The second-order valence-electron chi connectivity index (χ2n) is 7.06. The van der Waals surface area contributed by atoms with Crippen molar-refractivity contribution in [1.29, 1.82) is 0 Å². The number of benzene rings is 1. The highest BCUT2D eigenvalue weighted by atomic mass is 32.2. The number of anilines is 1. The zero-order chi connectivity index (χ0) is 20.3. The van der Waals surface area contributed by atoms with E-state index in [9.17, 15) is 18.0 Å². The van der Waals surface area contributed by atoms with Crippen molar-refractivity contribution < 1.29 is 22.7 Å². The predicted molar refractivity (Wildman–Crippen MR) is 105 cm³/mol. The van der Waals surface area contributed by atoms with Crippen LogP contribution in [0.15, 0.2) is 23.1 Å². The van der Waals surface area contributed by atoms with E-state index >= 15 is 0 Å². The molecule has 0 radical (unpaired) electrons. The van der Waals surface area contributed by atoms with Gasteiger partial charge >= 0.3 is 0 Å². The minimum absolute atomic E-state index is 0.184. The molecule has 28 heavy (non-hydrogen) atoms. The van der Waals surface area contributed by atoms with Gasteiger partial charge in [-0.2, -0.15) is 4.31 Å². The van der Waals surface area contributed by atoms with Gasteiger partial charge in [0.05, 0.1) is 18.1 Å². The Morgan fingerprint density at radius 2 is 1.96 bits per heavy atom. The molecule has 2 heterocycles. The van der Waals surface area contributed by atoms with Gasteiger partial charge in [-0.05, 0) is 30.2 Å². The van der Waals surface area contributed by atoms with Gasteiger partial charge in [0.15, 0.2) is 0 Å². The number of ether oxygens (including phenoxy) is 1. The first kappa shape index (κ1) is 20.8. The third kappa shape index (κ3) is 4.06. The number of nitrogens with zero attached hydrogens (tertiary/aromatic N) is 2. The number of rotatable bonds is 6. The summed E-state index contributed by atoms with van der Waals surface area (Å²) in [7, 11) is -3.63. The van der Waals surface area contributed by atoms with Gasteiger partial charge in [-0.1, -0.05) is 13.3 Å². The number of morpholine rings is 1. The van der Waals surface area contributed by atoms with Crippen molar-refractivity contribution in [2.75, 3.05) is 37.7 Å². The summed E-state index contributed by atoms with van der Waals surface area (Å²) in [5, 5.41) is 2.87. The highest BCUT2D eigenvalue weighted by Crippen LogP contribution is 2.35. The van der Waals surface area contributed by atoms with Crippen molar-refractivity contribution in [3.05, 3.63) is 23.8 Å². The maximum atomic E-state index is 12.9. The van der Waals surface area contributed by atoms with Crippen LogP contribution in [0.3, 0.4) is 0 Å². The van der Waals surface area contributed by atoms with E-state index < -0.39 is 16.1 Å². The lowest BCUT2D eigenvalue weighted by Gasteiger charge is -2.26. The third-order valence-electron chi connectivity index (χ3n) is 5.11. The molecule has 3 rings (SSSR count). The number of nitrogens with one attached hydrogen (secondary N) is 1. The maximum absolute atomic E-state index is 12.9. The van der Waals surface area contributed by atoms with Gasteiger partial charge < -0.3 is 10.1 Å². The van der Waals surface area contributed by atoms with E-state index in [2.05, 4.69) is 5.32 Å². The maximum Gasteiger partial charge on any atom is 0.243 e. The SMILES string of the molecule is CCCCNC(=O)C1Cc2cc(S(=O)(=O)N3CCOCC3)ccc2N1C(C)=O. The van der Waals surface area contributed by atoms with Gasteiger partial charge in [-0.15, -0.1) is 0 Å². The Bertz CT molecular complexity index is 849. The zero-order valence-electron chi connectivity index (χ0n) is 16.3. The van der Waals surface area contributed by atoms with E-state index in [1.165, 1.54) is 22.2 Å². The molecule has 1 fully saturated rings. The summed E-state index contributed by atoms with van der Waals surface area (Å²) in [6.07, 6.45) is 2.14. The standard InChI is InChI=1S/C19H27N3O5S/c1-3-4-7-20-19(24)18-13-15-12-16(5-6-17(15)22(18)14(2)23)28(25,26)21-8-10-27-11-9-21/h5-6,12,18H,3-4,7-11,13H2,1-2H3,(H,20,24). The van der Waals surface area contributed by atoms with Gasteiger partial charge in [-0.25, -0.2) is 8.42 Å². The topological polar surface area (TPSA) is 96.0 Å². The Labute approximate surface area is 165 Å². The van der Waals surface area contributed by atoms with Crippen LogP contribution in [-0.4, -0.2) is 63.4 Å². The van der Waals surface area contributed by atoms with Crippen molar-refractivity contribution in [3.8, 4) is 0 Å². The van der Waals surface area contributed by atoms with E-state index in [4.69, 9.17) is 4.74 Å². The van der Waals surface area contributed by atoms with E-state index in [1.54, 1.807) is 12.1 Å². The molecule has 1 unspecified atom stereocenters. The van der Waals surface area contributed by atoms with E-state index in [1.807, 2.05) is 6.92 Å². The van der Waals surface area contributed by atoms with Crippen molar-refractivity contribution in [1.82, 2.24) is 9.62 Å². The Hall–Kier alpha value is -1.97. The van der Waals surface area contributed by atoms with Crippen LogP contribution in [0.1, 0.15) is 32.3 Å². The average molecular weight is 410 g/mol. The first-order valence-electron chi connectivity index (χ1n) is 9.64. The Morgan fingerprint density at radius 3 is 2.61 bits per heavy atom. The molecule has 8 nitrogen and oxygen atoms in total. The number of fused-ring (bicyclic) bond motifs is 1. The van der Waals surface area contributed by atoms with E-state index in [-0.39, 0.29) is 16.7 Å². The minimum atomic E-state index is -3.63. The smallest absolute Gasteiger partial charge is 0.243 e. The minimum Gasteiger partial charge on any atom is -0.379 e. The largest absolute Gasteiger partial charge is 0.379 e. The van der Waals surface area contributed by atoms with Gasteiger partial charge in [0.2, 0.25) is 21.8 Å². The molecule has 1 N–H and O–H groups in total. The first-order chi connectivity index (χ1) is 13.4. The first-order valence-corrected chi connectivity index (χ1v) is 11.1. The molecule has 0 bridgehead atoms. The van der Waals surface area contributed by atoms with Gasteiger partial charge in [-0.3, -0.25) is 14.5 Å². The summed E-state index contributed by atoms with van der Waals surface area (Å²) < 4.78 is 32.4. The molecule has 2 aliphatic heterocycles. The Kier molecular flexibility index (Phi) is 6.36. The van der Waals surface area contributed by atoms with Crippen LogP contribution in [0.4, 0.5) is 5.69 Å². The highest BCUT2D eigenvalue weighted by Gasteiger charge is 2.38. The molecule has 0 aromatic heterocycles. The second kappa shape index (κ2) is 8.59. The fourth-order valence-electron chi connectivity index (χ4n) is 3.63. The van der Waals surface area contributed by atoms with Crippen molar-refractivity contribution in [2.45, 2.75) is 44.0 Å². The van der Waals surface area contributed by atoms with Crippen LogP contribution in [-0.2, 0) is 30.8 Å². The fourth-order valence-corrected chi connectivity index (χ4v) is 5.09. The number of sulfonamides is 1. The van der Waals surface area contributed by atoms with Gasteiger partial charge in [0.25, 0.3) is 0 Å². The second-order valence-corrected chi connectivity index (χ2v) is 9.00. The quantitative estimate of drug-likeness (QED) is 0.705. The van der Waals surface area contributed by atoms with Crippen molar-refractivity contribution in [3.63, 3.8) is 0 Å². The molecule has 1 aromatic carbocycles. The molecule has 2 amide bonds. The lowest BCUT2D eigenvalue weighted by molar-refractivity contribution is -0.125. The average Bonchev–Trinajstić information content (AvgIpc) is 3.08. The van der Waals surface area contributed by atoms with Gasteiger partial charge in [0, 0.05) is 38.7 Å². The van der Waals surface area contributed by atoms with Crippen LogP contribution < -0.4 is 10.2 Å². The summed E-state index contributed by atoms with van der Waals surface area (Å²) in [5.74, 6) is -0.449. The fraction of sp³-hybridized carbons (Fsp3) is 0.579. The Balaban J connectivity index is 1.86. The molecular weight excluding hydrogens is 382 g/mol. The Morgan fingerprint density at radius 1 is 1.25 bits per heavy atom. The molecule has 2 aliphatic rings. The summed E-state index contributed by atoms with van der Waals surface area (Å²) in [5.41, 5.74) is 1.30. The van der Waals surface area contributed by atoms with Crippen molar-refractivity contribution >= 4 is 27.5 Å². The molecule has 1 saturated heterocycles. The molecule has 1 aromatic rings. The van der Waals surface area contributed by atoms with Crippen molar-refractivity contribution in [2.24, 2.45) is 0 Å². The number of hydrogen-bond donors (Lipinski definition) is 1. The molecule has 0 spiro atoms. The van der Waals surface area contributed by atoms with Crippen LogP contribution in [0, 0.1) is 0 Å². The van der Waals surface area contributed by atoms with Crippen LogP contribution >= 0.6 is 0 Å². The number of hydrogen-bond acceptors (Lipinski definition) is 5.